The molecule has 4 aromatic heterocycles. The SMILES string of the molecule is c1ccc(-c2nc(-c3ccc4c5ccccc5c5ccccc5c4c3)nc(-c3cccc4oc5ccc(-c6ccc(-n7c8ccccc8c8ccccc87)c7oc8ccccc8c67)cc5c34)n2)cc1. The topological polar surface area (TPSA) is 69.9 Å². The molecule has 0 fully saturated rings. The Morgan fingerprint density at radius 2 is 0.826 bits per heavy atom. The second kappa shape index (κ2) is 14.6. The van der Waals surface area contributed by atoms with Crippen molar-refractivity contribution >= 4 is 98.0 Å². The quantitative estimate of drug-likeness (QED) is 0.161. The summed E-state index contributed by atoms with van der Waals surface area (Å²) < 4.78 is 15.9. The van der Waals surface area contributed by atoms with Crippen molar-refractivity contribution in [3.05, 3.63) is 218 Å². The van der Waals surface area contributed by atoms with Gasteiger partial charge in [-0.2, -0.15) is 0 Å². The molecular formula is C63H36N4O2. The Labute approximate surface area is 394 Å². The summed E-state index contributed by atoms with van der Waals surface area (Å²) in [5.41, 5.74) is 11.3. The van der Waals surface area contributed by atoms with Gasteiger partial charge < -0.3 is 13.4 Å². The van der Waals surface area contributed by atoms with E-state index in [-0.39, 0.29) is 0 Å². The van der Waals surface area contributed by atoms with Crippen molar-refractivity contribution in [2.45, 2.75) is 0 Å². The van der Waals surface area contributed by atoms with Crippen LogP contribution in [0.15, 0.2) is 227 Å². The fourth-order valence-electron chi connectivity index (χ4n) is 11.0. The van der Waals surface area contributed by atoms with E-state index >= 15 is 0 Å². The zero-order valence-corrected chi connectivity index (χ0v) is 36.9. The molecule has 6 heteroatoms. The number of para-hydroxylation sites is 3. The van der Waals surface area contributed by atoms with Crippen molar-refractivity contribution in [1.82, 2.24) is 19.5 Å². The van der Waals surface area contributed by atoms with Gasteiger partial charge >= 0.3 is 0 Å². The van der Waals surface area contributed by atoms with E-state index in [0.717, 1.165) is 93.8 Å². The number of rotatable bonds is 5. The van der Waals surface area contributed by atoms with E-state index in [0.29, 0.717) is 17.5 Å². The highest BCUT2D eigenvalue weighted by Gasteiger charge is 2.23. The number of hydrogen-bond acceptors (Lipinski definition) is 5. The summed E-state index contributed by atoms with van der Waals surface area (Å²) in [4.78, 5) is 15.8. The molecule has 0 aliphatic rings. The molecule has 4 heterocycles. The van der Waals surface area contributed by atoms with Crippen LogP contribution < -0.4 is 0 Å². The summed E-state index contributed by atoms with van der Waals surface area (Å²) in [6.45, 7) is 0. The molecule has 15 aromatic rings. The number of fused-ring (bicyclic) bond motifs is 15. The van der Waals surface area contributed by atoms with E-state index in [1.54, 1.807) is 0 Å². The van der Waals surface area contributed by atoms with Crippen molar-refractivity contribution in [1.29, 1.82) is 0 Å². The van der Waals surface area contributed by atoms with Gasteiger partial charge in [-0.25, -0.2) is 15.0 Å². The third-order valence-corrected chi connectivity index (χ3v) is 14.0. The predicted molar refractivity (Wildman–Crippen MR) is 283 cm³/mol. The number of hydrogen-bond donors (Lipinski definition) is 0. The molecule has 0 radical (unpaired) electrons. The molecule has 320 valence electrons. The maximum Gasteiger partial charge on any atom is 0.164 e. The summed E-state index contributed by atoms with van der Waals surface area (Å²) in [7, 11) is 0. The van der Waals surface area contributed by atoms with Gasteiger partial charge in [-0.1, -0.05) is 170 Å². The number of benzene rings is 11. The van der Waals surface area contributed by atoms with E-state index in [2.05, 4.69) is 187 Å². The molecule has 0 aliphatic heterocycles. The fraction of sp³-hybridized carbons (Fsp3) is 0. The van der Waals surface area contributed by atoms with Crippen molar-refractivity contribution in [2.75, 3.05) is 0 Å². The van der Waals surface area contributed by atoms with Gasteiger partial charge in [-0.05, 0) is 92.0 Å². The second-order valence-electron chi connectivity index (χ2n) is 17.8. The van der Waals surface area contributed by atoms with Gasteiger partial charge in [0.05, 0.1) is 16.7 Å². The molecule has 0 atom stereocenters. The summed E-state index contributed by atoms with van der Waals surface area (Å²) in [6, 6.07) is 76.7. The van der Waals surface area contributed by atoms with Crippen LogP contribution in [-0.2, 0) is 0 Å². The van der Waals surface area contributed by atoms with E-state index < -0.39 is 0 Å². The first-order valence-electron chi connectivity index (χ1n) is 23.3. The molecule has 0 spiro atoms. The van der Waals surface area contributed by atoms with E-state index in [4.69, 9.17) is 23.8 Å². The van der Waals surface area contributed by atoms with Gasteiger partial charge in [-0.3, -0.25) is 0 Å². The Bertz CT molecular complexity index is 4530. The van der Waals surface area contributed by atoms with Crippen molar-refractivity contribution in [2.24, 2.45) is 0 Å². The lowest BCUT2D eigenvalue weighted by molar-refractivity contribution is 0.666. The maximum absolute atomic E-state index is 6.88. The van der Waals surface area contributed by atoms with Gasteiger partial charge in [0.25, 0.3) is 0 Å². The first kappa shape index (κ1) is 37.8. The number of aromatic nitrogens is 4. The number of nitrogens with zero attached hydrogens (tertiary/aromatic N) is 4. The lowest BCUT2D eigenvalue weighted by Gasteiger charge is -2.13. The van der Waals surface area contributed by atoms with Crippen molar-refractivity contribution in [3.8, 4) is 51.0 Å². The van der Waals surface area contributed by atoms with E-state index in [9.17, 15) is 0 Å². The van der Waals surface area contributed by atoms with E-state index in [1.807, 2.05) is 36.4 Å². The van der Waals surface area contributed by atoms with Crippen LogP contribution in [0, 0.1) is 0 Å². The molecular weight excluding hydrogens is 845 g/mol. The number of furan rings is 2. The van der Waals surface area contributed by atoms with Gasteiger partial charge in [0.2, 0.25) is 0 Å². The third-order valence-electron chi connectivity index (χ3n) is 14.0. The van der Waals surface area contributed by atoms with Crippen LogP contribution in [0.5, 0.6) is 0 Å². The third kappa shape index (κ3) is 5.63. The summed E-state index contributed by atoms with van der Waals surface area (Å²) >= 11 is 0. The second-order valence-corrected chi connectivity index (χ2v) is 17.8. The van der Waals surface area contributed by atoms with Crippen LogP contribution in [0.2, 0.25) is 0 Å². The summed E-state index contributed by atoms with van der Waals surface area (Å²) in [5.74, 6) is 1.77. The van der Waals surface area contributed by atoms with Crippen molar-refractivity contribution < 1.29 is 8.83 Å². The van der Waals surface area contributed by atoms with Gasteiger partial charge in [-0.15, -0.1) is 0 Å². The molecule has 0 N–H and O–H groups in total. The molecule has 0 bridgehead atoms. The standard InChI is InChI=1S/C63H36N4O2/c1-2-15-37(16-3-1)61-64-62(39-29-31-45-43-19-5-4-17-41(43)42-18-6-7-20-44(42)50(45)36-39)66-63(65-61)49-24-14-28-57-58(49)51-35-38(30-34-56(51)68-57)40-32-33-54(60-59(40)48-23-10-13-27-55(48)69-60)67-52-25-11-8-21-46(52)47-22-9-12-26-53(47)67/h1-36H. The molecule has 6 nitrogen and oxygen atoms in total. The normalized spacial score (nSPS) is 12.1. The summed E-state index contributed by atoms with van der Waals surface area (Å²) in [5, 5.41) is 13.7. The Hall–Kier alpha value is -9.39. The highest BCUT2D eigenvalue weighted by atomic mass is 16.3. The highest BCUT2D eigenvalue weighted by molar-refractivity contribution is 6.26. The molecule has 0 saturated carbocycles. The Kier molecular flexibility index (Phi) is 7.97. The van der Waals surface area contributed by atoms with Gasteiger partial charge in [0.15, 0.2) is 23.1 Å². The van der Waals surface area contributed by atoms with Gasteiger partial charge in [0.1, 0.15) is 16.7 Å². The van der Waals surface area contributed by atoms with Gasteiger partial charge in [0, 0.05) is 49.0 Å². The highest BCUT2D eigenvalue weighted by Crippen LogP contribution is 2.45. The lowest BCUT2D eigenvalue weighted by Crippen LogP contribution is -2.00. The maximum atomic E-state index is 6.88. The molecule has 0 aliphatic carbocycles. The minimum Gasteiger partial charge on any atom is -0.456 e. The van der Waals surface area contributed by atoms with Crippen LogP contribution in [0.1, 0.15) is 0 Å². The fourth-order valence-corrected chi connectivity index (χ4v) is 11.0. The molecule has 11 aromatic carbocycles. The summed E-state index contributed by atoms with van der Waals surface area (Å²) in [6.07, 6.45) is 0. The first-order valence-corrected chi connectivity index (χ1v) is 23.3. The minimum atomic E-state index is 0.569. The average Bonchev–Trinajstić information content (AvgIpc) is 4.11. The monoisotopic (exact) mass is 880 g/mol. The first-order chi connectivity index (χ1) is 34.2. The van der Waals surface area contributed by atoms with Crippen LogP contribution in [-0.4, -0.2) is 19.5 Å². The Balaban J connectivity index is 0.941. The molecule has 69 heavy (non-hydrogen) atoms. The van der Waals surface area contributed by atoms with Crippen molar-refractivity contribution in [3.63, 3.8) is 0 Å². The smallest absolute Gasteiger partial charge is 0.164 e. The predicted octanol–water partition coefficient (Wildman–Crippen LogP) is 16.9. The van der Waals surface area contributed by atoms with Crippen LogP contribution >= 0.6 is 0 Å². The van der Waals surface area contributed by atoms with Crippen LogP contribution in [0.3, 0.4) is 0 Å². The van der Waals surface area contributed by atoms with Crippen LogP contribution in [0.25, 0.3) is 149 Å². The lowest BCUT2D eigenvalue weighted by atomic mass is 9.93. The zero-order chi connectivity index (χ0) is 45.2. The molecule has 15 rings (SSSR count). The largest absolute Gasteiger partial charge is 0.456 e. The Morgan fingerprint density at radius 3 is 1.55 bits per heavy atom. The minimum absolute atomic E-state index is 0.569. The average molecular weight is 881 g/mol. The molecule has 0 amide bonds. The Morgan fingerprint density at radius 1 is 0.290 bits per heavy atom. The molecule has 0 saturated heterocycles. The van der Waals surface area contributed by atoms with E-state index in [1.165, 1.54) is 37.7 Å². The molecule has 0 unspecified atom stereocenters. The zero-order valence-electron chi connectivity index (χ0n) is 36.9. The van der Waals surface area contributed by atoms with Crippen LogP contribution in [0.4, 0.5) is 0 Å².